The lowest BCUT2D eigenvalue weighted by molar-refractivity contribution is -0.143. The number of carbonyl (C=O) groups excluding carboxylic acids is 2. The summed E-state index contributed by atoms with van der Waals surface area (Å²) in [6, 6.07) is -0.636. The third-order valence-corrected chi connectivity index (χ3v) is 15.3. The molecule has 0 aromatic heterocycles. The normalized spacial score (nSPS) is 12.9. The maximum absolute atomic E-state index is 12.5. The molecule has 0 aliphatic rings. The van der Waals surface area contributed by atoms with E-state index in [-0.39, 0.29) is 18.5 Å². The summed E-state index contributed by atoms with van der Waals surface area (Å²) < 4.78 is 5.49. The van der Waals surface area contributed by atoms with E-state index >= 15 is 0 Å². The zero-order valence-corrected chi connectivity index (χ0v) is 50.3. The van der Waals surface area contributed by atoms with Gasteiger partial charge in [-0.25, -0.2) is 0 Å². The maximum atomic E-state index is 12.5. The number of aliphatic hydroxyl groups is 2. The Morgan fingerprint density at radius 1 is 0.373 bits per heavy atom. The number of esters is 1. The van der Waals surface area contributed by atoms with Crippen molar-refractivity contribution >= 4 is 11.9 Å². The van der Waals surface area contributed by atoms with Crippen molar-refractivity contribution in [3.63, 3.8) is 0 Å². The topological polar surface area (TPSA) is 95.9 Å². The van der Waals surface area contributed by atoms with Crippen LogP contribution in [0.15, 0.2) is 48.6 Å². The molecule has 0 aliphatic heterocycles. The summed E-state index contributed by atoms with van der Waals surface area (Å²) in [5, 5.41) is 23.2. The highest BCUT2D eigenvalue weighted by molar-refractivity contribution is 5.76. The second-order valence-corrected chi connectivity index (χ2v) is 22.8. The number of amides is 1. The van der Waals surface area contributed by atoms with Crippen molar-refractivity contribution in [3.05, 3.63) is 48.6 Å². The van der Waals surface area contributed by atoms with Crippen LogP contribution in [0.25, 0.3) is 0 Å². The lowest BCUT2D eigenvalue weighted by Crippen LogP contribution is -2.45. The Balaban J connectivity index is 3.46. The molecule has 0 rings (SSSR count). The molecule has 0 saturated carbocycles. The van der Waals surface area contributed by atoms with Gasteiger partial charge < -0.3 is 20.3 Å². The van der Waals surface area contributed by atoms with Crippen LogP contribution in [0.1, 0.15) is 354 Å². The predicted molar refractivity (Wildman–Crippen MR) is 329 cm³/mol. The van der Waals surface area contributed by atoms with Crippen LogP contribution in [0, 0.1) is 0 Å². The standard InChI is InChI=1S/C69H129NO5/c1-3-5-7-9-11-13-15-17-19-21-22-23-26-30-33-37-41-45-49-53-57-61-67(72)66(65-71)70-68(73)62-58-54-50-46-42-38-34-31-27-24-25-28-32-36-40-44-48-52-56-60-64-75-69(74)63-59-55-51-47-43-39-35-29-20-18-16-14-12-10-8-6-4-2/h12,14,18,20,24,27,57,61,66-67,71-72H,3-11,13,15-17,19,21-23,25-26,28-56,58-60,62-65H2,1-2H3,(H,70,73)/b14-12-,20-18-,27-24-,61-57+. The quantitative estimate of drug-likeness (QED) is 0.0320. The van der Waals surface area contributed by atoms with Gasteiger partial charge in [0.15, 0.2) is 0 Å². The van der Waals surface area contributed by atoms with Crippen LogP contribution >= 0.6 is 0 Å². The minimum absolute atomic E-state index is 0.00208. The molecule has 3 N–H and O–H groups in total. The van der Waals surface area contributed by atoms with E-state index in [0.717, 1.165) is 57.8 Å². The largest absolute Gasteiger partial charge is 0.466 e. The molecule has 1 amide bonds. The van der Waals surface area contributed by atoms with E-state index in [9.17, 15) is 19.8 Å². The van der Waals surface area contributed by atoms with Crippen molar-refractivity contribution in [2.24, 2.45) is 0 Å². The number of hydrogen-bond donors (Lipinski definition) is 3. The van der Waals surface area contributed by atoms with Crippen molar-refractivity contribution in [2.75, 3.05) is 13.2 Å². The van der Waals surface area contributed by atoms with Crippen LogP contribution in [-0.4, -0.2) is 47.4 Å². The summed E-state index contributed by atoms with van der Waals surface area (Å²) >= 11 is 0. The van der Waals surface area contributed by atoms with Crippen LogP contribution in [0.5, 0.6) is 0 Å². The molecular weight excluding hydrogens is 923 g/mol. The minimum Gasteiger partial charge on any atom is -0.466 e. The van der Waals surface area contributed by atoms with Gasteiger partial charge in [0.1, 0.15) is 0 Å². The highest BCUT2D eigenvalue weighted by Crippen LogP contribution is 2.17. The molecule has 2 unspecified atom stereocenters. The van der Waals surface area contributed by atoms with Crippen LogP contribution in [0.2, 0.25) is 0 Å². The van der Waals surface area contributed by atoms with Gasteiger partial charge in [-0.15, -0.1) is 0 Å². The fourth-order valence-electron chi connectivity index (χ4n) is 10.2. The Hall–Kier alpha value is -2.18. The molecule has 0 aromatic carbocycles. The first kappa shape index (κ1) is 72.8. The summed E-state index contributed by atoms with van der Waals surface area (Å²) in [6.45, 7) is 4.89. The fraction of sp³-hybridized carbons (Fsp3) is 0.855. The van der Waals surface area contributed by atoms with E-state index in [0.29, 0.717) is 19.4 Å². The molecule has 0 aliphatic carbocycles. The van der Waals surface area contributed by atoms with Gasteiger partial charge in [-0.1, -0.05) is 300 Å². The van der Waals surface area contributed by atoms with Crippen molar-refractivity contribution in [1.29, 1.82) is 0 Å². The van der Waals surface area contributed by atoms with Crippen molar-refractivity contribution in [2.45, 2.75) is 366 Å². The van der Waals surface area contributed by atoms with Gasteiger partial charge in [0.2, 0.25) is 5.91 Å². The molecule has 0 bridgehead atoms. The lowest BCUT2D eigenvalue weighted by Gasteiger charge is -2.20. The zero-order chi connectivity index (χ0) is 54.3. The van der Waals surface area contributed by atoms with Gasteiger partial charge in [-0.3, -0.25) is 9.59 Å². The number of allylic oxidation sites excluding steroid dienone is 7. The highest BCUT2D eigenvalue weighted by Gasteiger charge is 2.18. The summed E-state index contributed by atoms with van der Waals surface area (Å²) in [4.78, 5) is 24.6. The molecule has 0 spiro atoms. The maximum Gasteiger partial charge on any atom is 0.305 e. The lowest BCUT2D eigenvalue weighted by atomic mass is 10.0. The molecule has 0 saturated heterocycles. The average molecular weight is 1050 g/mol. The first-order chi connectivity index (χ1) is 37.0. The van der Waals surface area contributed by atoms with E-state index in [1.54, 1.807) is 6.08 Å². The molecule has 6 heteroatoms. The summed E-state index contributed by atoms with van der Waals surface area (Å²) in [5.74, 6) is -0.0764. The molecule has 440 valence electrons. The number of aliphatic hydroxyl groups excluding tert-OH is 2. The van der Waals surface area contributed by atoms with E-state index in [4.69, 9.17) is 4.74 Å². The van der Waals surface area contributed by atoms with E-state index in [1.165, 1.54) is 270 Å². The number of hydrogen-bond acceptors (Lipinski definition) is 5. The third kappa shape index (κ3) is 60.9. The number of unbranched alkanes of at least 4 members (excludes halogenated alkanes) is 45. The SMILES string of the molecule is CCCCC/C=C\C/C=C\CCCCCCCCCC(=O)OCCCCCCCCCCC/C=C\CCCCCCCCCC(=O)NC(CO)C(O)/C=C/CCCCCCCCCCCCCCCCCCCCC. The fourth-order valence-corrected chi connectivity index (χ4v) is 10.2. The summed E-state index contributed by atoms with van der Waals surface area (Å²) in [6.07, 6.45) is 83.0. The van der Waals surface area contributed by atoms with E-state index in [1.807, 2.05) is 6.08 Å². The average Bonchev–Trinajstić information content (AvgIpc) is 3.41. The van der Waals surface area contributed by atoms with Gasteiger partial charge in [-0.2, -0.15) is 0 Å². The highest BCUT2D eigenvalue weighted by atomic mass is 16.5. The van der Waals surface area contributed by atoms with Crippen molar-refractivity contribution in [1.82, 2.24) is 5.32 Å². The van der Waals surface area contributed by atoms with E-state index in [2.05, 4.69) is 55.6 Å². The first-order valence-corrected chi connectivity index (χ1v) is 33.4. The van der Waals surface area contributed by atoms with Crippen molar-refractivity contribution in [3.8, 4) is 0 Å². The molecule has 0 heterocycles. The Bertz CT molecular complexity index is 1260. The van der Waals surface area contributed by atoms with Gasteiger partial charge in [-0.05, 0) is 89.9 Å². The van der Waals surface area contributed by atoms with Crippen LogP contribution in [0.4, 0.5) is 0 Å². The molecule has 6 nitrogen and oxygen atoms in total. The van der Waals surface area contributed by atoms with Crippen molar-refractivity contribution < 1.29 is 24.5 Å². The first-order valence-electron chi connectivity index (χ1n) is 33.4. The Labute approximate surface area is 467 Å². The smallest absolute Gasteiger partial charge is 0.305 e. The summed E-state index contributed by atoms with van der Waals surface area (Å²) in [7, 11) is 0. The van der Waals surface area contributed by atoms with Gasteiger partial charge >= 0.3 is 5.97 Å². The molecule has 2 atom stereocenters. The van der Waals surface area contributed by atoms with Gasteiger partial charge in [0, 0.05) is 12.8 Å². The minimum atomic E-state index is -0.852. The van der Waals surface area contributed by atoms with Gasteiger partial charge in [0.05, 0.1) is 25.4 Å². The number of nitrogens with one attached hydrogen (secondary N) is 1. The second kappa shape index (κ2) is 64.3. The zero-order valence-electron chi connectivity index (χ0n) is 50.3. The van der Waals surface area contributed by atoms with E-state index < -0.39 is 12.1 Å². The third-order valence-electron chi connectivity index (χ3n) is 15.3. The Morgan fingerprint density at radius 3 is 1.05 bits per heavy atom. The summed E-state index contributed by atoms with van der Waals surface area (Å²) in [5.41, 5.74) is 0. The molecular formula is C69H129NO5. The van der Waals surface area contributed by atoms with Crippen LogP contribution < -0.4 is 5.32 Å². The predicted octanol–water partition coefficient (Wildman–Crippen LogP) is 21.3. The number of ether oxygens (including phenoxy) is 1. The molecule has 75 heavy (non-hydrogen) atoms. The van der Waals surface area contributed by atoms with Crippen LogP contribution in [0.3, 0.4) is 0 Å². The second-order valence-electron chi connectivity index (χ2n) is 22.8. The number of carbonyl (C=O) groups is 2. The Morgan fingerprint density at radius 2 is 0.667 bits per heavy atom. The molecule has 0 aromatic rings. The molecule has 0 fully saturated rings. The molecule has 0 radical (unpaired) electrons. The van der Waals surface area contributed by atoms with Gasteiger partial charge in [0.25, 0.3) is 0 Å². The number of rotatable bonds is 62. The Kier molecular flexibility index (Phi) is 62.5. The monoisotopic (exact) mass is 1050 g/mol. The van der Waals surface area contributed by atoms with Crippen LogP contribution in [-0.2, 0) is 14.3 Å².